The fourth-order valence-electron chi connectivity index (χ4n) is 2.00. The molecule has 1 aromatic carbocycles. The largest absolute Gasteiger partial charge is 0.370 e. The van der Waals surface area contributed by atoms with Gasteiger partial charge in [-0.05, 0) is 13.0 Å². The number of aryl methyl sites for hydroxylation is 1. The summed E-state index contributed by atoms with van der Waals surface area (Å²) in [4.78, 5) is 22.3. The summed E-state index contributed by atoms with van der Waals surface area (Å²) >= 11 is 0. The number of nitrogens with zero attached hydrogens (tertiary/aromatic N) is 1. The lowest BCUT2D eigenvalue weighted by Crippen LogP contribution is -2.13. The summed E-state index contributed by atoms with van der Waals surface area (Å²) in [6.07, 6.45) is 1.68. The van der Waals surface area contributed by atoms with E-state index in [2.05, 4.69) is 0 Å². The molecule has 0 fully saturated rings. The minimum Gasteiger partial charge on any atom is -0.370 e. The summed E-state index contributed by atoms with van der Waals surface area (Å²) in [5, 5.41) is 0.562. The zero-order valence-electron chi connectivity index (χ0n) is 9.94. The molecule has 0 saturated heterocycles. The number of para-hydroxylation sites is 1. The fraction of sp³-hybridized carbons (Fsp3) is 0.231. The third-order valence-electron chi connectivity index (χ3n) is 2.83. The fourth-order valence-corrected chi connectivity index (χ4v) is 2.00. The number of carbonyl (C=O) groups excluding carboxylic acids is 2. The summed E-state index contributed by atoms with van der Waals surface area (Å²) < 4.78 is 15.4. The quantitative estimate of drug-likeness (QED) is 0.839. The first-order chi connectivity index (χ1) is 8.50. The van der Waals surface area contributed by atoms with Gasteiger partial charge in [-0.15, -0.1) is 0 Å². The standard InChI is InChI=1S/C13H13FN2O2/c1-8(17)10-7-16(6-5-12(15)18)13-9(10)3-2-4-11(13)14/h2-4,7H,5-6H2,1H3,(H2,15,18). The number of Topliss-reactive ketones (excluding diaryl/α,β-unsaturated/α-hetero) is 1. The zero-order chi connectivity index (χ0) is 13.3. The van der Waals surface area contributed by atoms with Crippen molar-refractivity contribution in [1.82, 2.24) is 4.57 Å². The Labute approximate surface area is 103 Å². The van der Waals surface area contributed by atoms with Gasteiger partial charge in [-0.3, -0.25) is 9.59 Å². The molecule has 0 radical (unpaired) electrons. The van der Waals surface area contributed by atoms with Gasteiger partial charge in [0.1, 0.15) is 5.82 Å². The summed E-state index contributed by atoms with van der Waals surface area (Å²) in [6, 6.07) is 4.57. The number of hydrogen-bond acceptors (Lipinski definition) is 2. The lowest BCUT2D eigenvalue weighted by molar-refractivity contribution is -0.118. The molecular formula is C13H13FN2O2. The van der Waals surface area contributed by atoms with Crippen molar-refractivity contribution in [3.63, 3.8) is 0 Å². The van der Waals surface area contributed by atoms with Crippen LogP contribution < -0.4 is 5.73 Å². The minimum atomic E-state index is -0.461. The monoisotopic (exact) mass is 248 g/mol. The molecule has 0 aliphatic rings. The van der Waals surface area contributed by atoms with Crippen LogP contribution in [0.2, 0.25) is 0 Å². The molecule has 0 unspecified atom stereocenters. The Morgan fingerprint density at radius 3 is 2.72 bits per heavy atom. The summed E-state index contributed by atoms with van der Waals surface area (Å²) in [7, 11) is 0. The second-order valence-corrected chi connectivity index (χ2v) is 4.14. The molecule has 1 amide bonds. The lowest BCUT2D eigenvalue weighted by atomic mass is 10.1. The van der Waals surface area contributed by atoms with Crippen LogP contribution in [0.25, 0.3) is 10.9 Å². The van der Waals surface area contributed by atoms with E-state index in [1.807, 2.05) is 0 Å². The predicted molar refractivity (Wildman–Crippen MR) is 65.7 cm³/mol. The van der Waals surface area contributed by atoms with Crippen molar-refractivity contribution in [3.05, 3.63) is 35.8 Å². The number of fused-ring (bicyclic) bond motifs is 1. The van der Waals surface area contributed by atoms with Crippen LogP contribution in [0.1, 0.15) is 23.7 Å². The average molecular weight is 248 g/mol. The number of primary amides is 1. The van der Waals surface area contributed by atoms with Gasteiger partial charge < -0.3 is 10.3 Å². The Kier molecular flexibility index (Phi) is 3.14. The molecule has 2 N–H and O–H groups in total. The molecule has 1 heterocycles. The van der Waals surface area contributed by atoms with Gasteiger partial charge in [0.2, 0.25) is 5.91 Å². The van der Waals surface area contributed by atoms with Gasteiger partial charge in [-0.25, -0.2) is 4.39 Å². The first kappa shape index (κ1) is 12.3. The molecule has 0 atom stereocenters. The molecule has 0 saturated carbocycles. The Morgan fingerprint density at radius 1 is 1.39 bits per heavy atom. The van der Waals surface area contributed by atoms with Crippen molar-refractivity contribution >= 4 is 22.6 Å². The van der Waals surface area contributed by atoms with Crippen LogP contribution >= 0.6 is 0 Å². The third-order valence-corrected chi connectivity index (χ3v) is 2.83. The summed E-state index contributed by atoms with van der Waals surface area (Å²) in [5.74, 6) is -1.01. The number of nitrogens with two attached hydrogens (primary N) is 1. The third kappa shape index (κ3) is 2.11. The molecule has 0 aliphatic heterocycles. The summed E-state index contributed by atoms with van der Waals surface area (Å²) in [6.45, 7) is 1.69. The van der Waals surface area contributed by atoms with Crippen molar-refractivity contribution in [2.45, 2.75) is 19.9 Å². The van der Waals surface area contributed by atoms with E-state index in [-0.39, 0.29) is 18.7 Å². The van der Waals surface area contributed by atoms with Gasteiger partial charge in [0.25, 0.3) is 0 Å². The zero-order valence-corrected chi connectivity index (χ0v) is 9.94. The van der Waals surface area contributed by atoms with E-state index in [0.717, 1.165) is 0 Å². The topological polar surface area (TPSA) is 65.1 Å². The summed E-state index contributed by atoms with van der Waals surface area (Å²) in [5.41, 5.74) is 5.87. The van der Waals surface area contributed by atoms with Gasteiger partial charge in [-0.2, -0.15) is 0 Å². The number of carbonyl (C=O) groups is 2. The van der Waals surface area contributed by atoms with Crippen LogP contribution in [0.15, 0.2) is 24.4 Å². The van der Waals surface area contributed by atoms with Crippen LogP contribution in [0, 0.1) is 5.82 Å². The molecule has 0 aliphatic carbocycles. The molecule has 2 rings (SSSR count). The lowest BCUT2D eigenvalue weighted by Gasteiger charge is -2.03. The Bertz CT molecular complexity index is 631. The van der Waals surface area contributed by atoms with E-state index in [9.17, 15) is 14.0 Å². The highest BCUT2D eigenvalue weighted by Gasteiger charge is 2.15. The van der Waals surface area contributed by atoms with Crippen molar-refractivity contribution in [2.75, 3.05) is 0 Å². The highest BCUT2D eigenvalue weighted by Crippen LogP contribution is 2.24. The molecule has 0 bridgehead atoms. The molecule has 4 nitrogen and oxygen atoms in total. The predicted octanol–water partition coefficient (Wildman–Crippen LogP) is 1.86. The average Bonchev–Trinajstić information content (AvgIpc) is 2.67. The van der Waals surface area contributed by atoms with Crippen molar-refractivity contribution in [1.29, 1.82) is 0 Å². The minimum absolute atomic E-state index is 0.107. The van der Waals surface area contributed by atoms with E-state index in [0.29, 0.717) is 16.5 Å². The highest BCUT2D eigenvalue weighted by atomic mass is 19.1. The van der Waals surface area contributed by atoms with E-state index >= 15 is 0 Å². The van der Waals surface area contributed by atoms with E-state index < -0.39 is 11.7 Å². The van der Waals surface area contributed by atoms with Gasteiger partial charge in [0, 0.05) is 30.1 Å². The van der Waals surface area contributed by atoms with Crippen LogP contribution in [-0.4, -0.2) is 16.3 Å². The maximum Gasteiger partial charge on any atom is 0.219 e. The molecule has 18 heavy (non-hydrogen) atoms. The van der Waals surface area contributed by atoms with Gasteiger partial charge in [-0.1, -0.05) is 12.1 Å². The number of amides is 1. The van der Waals surface area contributed by atoms with Crippen LogP contribution in [0.5, 0.6) is 0 Å². The number of hydrogen-bond donors (Lipinski definition) is 1. The second-order valence-electron chi connectivity index (χ2n) is 4.14. The SMILES string of the molecule is CC(=O)c1cn(CCC(N)=O)c2c(F)cccc12. The van der Waals surface area contributed by atoms with Crippen LogP contribution in [-0.2, 0) is 11.3 Å². The van der Waals surface area contributed by atoms with Crippen molar-refractivity contribution in [3.8, 4) is 0 Å². The highest BCUT2D eigenvalue weighted by molar-refractivity contribution is 6.07. The van der Waals surface area contributed by atoms with Crippen molar-refractivity contribution < 1.29 is 14.0 Å². The van der Waals surface area contributed by atoms with Gasteiger partial charge >= 0.3 is 0 Å². The Hall–Kier alpha value is -2.17. The number of benzene rings is 1. The number of aromatic nitrogens is 1. The second kappa shape index (κ2) is 4.60. The van der Waals surface area contributed by atoms with Crippen molar-refractivity contribution in [2.24, 2.45) is 5.73 Å². The van der Waals surface area contributed by atoms with E-state index in [4.69, 9.17) is 5.73 Å². The maximum atomic E-state index is 13.8. The molecule has 0 spiro atoms. The maximum absolute atomic E-state index is 13.8. The van der Waals surface area contributed by atoms with E-state index in [1.165, 1.54) is 13.0 Å². The molecule has 94 valence electrons. The van der Waals surface area contributed by atoms with Crippen LogP contribution in [0.3, 0.4) is 0 Å². The number of ketones is 1. The molecule has 5 heteroatoms. The van der Waals surface area contributed by atoms with Gasteiger partial charge in [0.05, 0.1) is 5.52 Å². The van der Waals surface area contributed by atoms with E-state index in [1.54, 1.807) is 22.9 Å². The van der Waals surface area contributed by atoms with Crippen LogP contribution in [0.4, 0.5) is 4.39 Å². The first-order valence-electron chi connectivity index (χ1n) is 5.57. The van der Waals surface area contributed by atoms with Gasteiger partial charge in [0.15, 0.2) is 5.78 Å². The molecular weight excluding hydrogens is 235 g/mol. The smallest absolute Gasteiger partial charge is 0.219 e. The molecule has 1 aromatic heterocycles. The Balaban J connectivity index is 2.58. The normalized spacial score (nSPS) is 10.8. The number of rotatable bonds is 4. The first-order valence-corrected chi connectivity index (χ1v) is 5.57. The Morgan fingerprint density at radius 2 is 2.11 bits per heavy atom. The molecule has 2 aromatic rings. The number of halogens is 1.